The fourth-order valence-electron chi connectivity index (χ4n) is 4.50. The maximum atomic E-state index is 13.4. The van der Waals surface area contributed by atoms with Gasteiger partial charge in [0.1, 0.15) is 5.60 Å². The standard InChI is InChI=1S/C26H34N2O5/c1-7-8-9-10-11-14-18-17(2)24(32-6)23(28(30)31)21-19-15-12-13-16-20(19)27(22(18)21)25(29)33-26(3,4)5/h12-13,15-16H,7-11,14H2,1-6H3. The van der Waals surface area contributed by atoms with Crippen molar-refractivity contribution >= 4 is 33.6 Å². The first-order chi connectivity index (χ1) is 15.6. The van der Waals surface area contributed by atoms with Gasteiger partial charge in [-0.3, -0.25) is 10.1 Å². The van der Waals surface area contributed by atoms with E-state index in [0.29, 0.717) is 33.8 Å². The van der Waals surface area contributed by atoms with E-state index in [1.165, 1.54) is 18.1 Å². The number of ether oxygens (including phenoxy) is 2. The van der Waals surface area contributed by atoms with Crippen LogP contribution in [0, 0.1) is 17.0 Å². The largest absolute Gasteiger partial charge is 0.490 e. The van der Waals surface area contributed by atoms with Crippen molar-refractivity contribution in [1.82, 2.24) is 4.57 Å². The number of benzene rings is 2. The molecule has 1 heterocycles. The van der Waals surface area contributed by atoms with E-state index >= 15 is 0 Å². The molecule has 1 aromatic heterocycles. The summed E-state index contributed by atoms with van der Waals surface area (Å²) in [5.74, 6) is 0.253. The Morgan fingerprint density at radius 3 is 2.39 bits per heavy atom. The molecule has 0 radical (unpaired) electrons. The normalized spacial score (nSPS) is 11.8. The lowest BCUT2D eigenvalue weighted by atomic mass is 9.95. The molecule has 0 N–H and O–H groups in total. The Bertz CT molecular complexity index is 1190. The minimum absolute atomic E-state index is 0.113. The molecule has 7 nitrogen and oxygen atoms in total. The third-order valence-electron chi connectivity index (χ3n) is 5.90. The topological polar surface area (TPSA) is 83.6 Å². The van der Waals surface area contributed by atoms with Crippen molar-refractivity contribution < 1.29 is 19.2 Å². The lowest BCUT2D eigenvalue weighted by molar-refractivity contribution is -0.383. The van der Waals surface area contributed by atoms with Gasteiger partial charge in [0, 0.05) is 10.9 Å². The number of aryl methyl sites for hydroxylation is 1. The molecule has 0 spiro atoms. The third kappa shape index (κ3) is 4.82. The van der Waals surface area contributed by atoms with Crippen LogP contribution < -0.4 is 4.74 Å². The molecular weight excluding hydrogens is 420 g/mol. The summed E-state index contributed by atoms with van der Waals surface area (Å²) in [6.07, 6.45) is 5.60. The Morgan fingerprint density at radius 2 is 1.79 bits per heavy atom. The number of nitro benzene ring substituents is 1. The molecule has 33 heavy (non-hydrogen) atoms. The number of hydrogen-bond acceptors (Lipinski definition) is 5. The van der Waals surface area contributed by atoms with E-state index in [9.17, 15) is 14.9 Å². The molecule has 0 aliphatic carbocycles. The SMILES string of the molecule is CCCCCCCc1c(C)c(OC)c([N+](=O)[O-])c2c3ccccc3n(C(=O)OC(C)(C)C)c12. The minimum Gasteiger partial charge on any atom is -0.490 e. The number of hydrogen-bond donors (Lipinski definition) is 0. The van der Waals surface area contributed by atoms with Crippen LogP contribution in [0.5, 0.6) is 5.75 Å². The van der Waals surface area contributed by atoms with Gasteiger partial charge >= 0.3 is 11.8 Å². The van der Waals surface area contributed by atoms with Crippen LogP contribution in [0.1, 0.15) is 70.9 Å². The smallest absolute Gasteiger partial charge is 0.419 e. The molecule has 0 fully saturated rings. The quantitative estimate of drug-likeness (QED) is 0.202. The van der Waals surface area contributed by atoms with Crippen LogP contribution in [-0.2, 0) is 11.2 Å². The van der Waals surface area contributed by atoms with Gasteiger partial charge in [0.15, 0.2) is 0 Å². The molecule has 0 unspecified atom stereocenters. The van der Waals surface area contributed by atoms with Crippen LogP contribution in [0.25, 0.3) is 21.8 Å². The Labute approximate surface area is 194 Å². The summed E-state index contributed by atoms with van der Waals surface area (Å²) in [4.78, 5) is 25.2. The molecule has 0 aliphatic heterocycles. The lowest BCUT2D eigenvalue weighted by Crippen LogP contribution is -2.27. The van der Waals surface area contributed by atoms with Crippen molar-refractivity contribution in [3.05, 3.63) is 45.5 Å². The zero-order valence-electron chi connectivity index (χ0n) is 20.5. The Balaban J connectivity index is 2.38. The highest BCUT2D eigenvalue weighted by molar-refractivity contribution is 6.18. The average molecular weight is 455 g/mol. The molecule has 0 amide bonds. The molecule has 178 valence electrons. The highest BCUT2D eigenvalue weighted by Gasteiger charge is 2.33. The second kappa shape index (κ2) is 9.81. The van der Waals surface area contributed by atoms with E-state index < -0.39 is 16.6 Å². The molecule has 0 aliphatic rings. The number of carbonyl (C=O) groups is 1. The number of unbranched alkanes of at least 4 members (excludes halogenated alkanes) is 4. The fraction of sp³-hybridized carbons (Fsp3) is 0.500. The molecule has 0 atom stereocenters. The van der Waals surface area contributed by atoms with E-state index in [1.54, 1.807) is 6.07 Å². The number of nitrogens with zero attached hydrogens (tertiary/aromatic N) is 2. The minimum atomic E-state index is -0.706. The molecule has 0 saturated carbocycles. The highest BCUT2D eigenvalue weighted by atomic mass is 16.6. The summed E-state index contributed by atoms with van der Waals surface area (Å²) < 4.78 is 12.8. The van der Waals surface area contributed by atoms with Gasteiger partial charge < -0.3 is 9.47 Å². The molecule has 2 aromatic carbocycles. The van der Waals surface area contributed by atoms with E-state index in [0.717, 1.165) is 31.2 Å². The maximum absolute atomic E-state index is 13.4. The number of para-hydroxylation sites is 1. The van der Waals surface area contributed by atoms with Crippen molar-refractivity contribution in [2.24, 2.45) is 0 Å². The molecule has 0 saturated heterocycles. The van der Waals surface area contributed by atoms with E-state index in [1.807, 2.05) is 45.9 Å². The first-order valence-corrected chi connectivity index (χ1v) is 11.6. The molecule has 3 rings (SSSR count). The summed E-state index contributed by atoms with van der Waals surface area (Å²) in [6.45, 7) is 9.44. The number of fused-ring (bicyclic) bond motifs is 3. The van der Waals surface area contributed by atoms with Crippen molar-refractivity contribution in [2.75, 3.05) is 7.11 Å². The molecule has 3 aromatic rings. The Hall–Kier alpha value is -3.09. The summed E-state index contributed by atoms with van der Waals surface area (Å²) in [6, 6.07) is 7.26. The maximum Gasteiger partial charge on any atom is 0.419 e. The van der Waals surface area contributed by atoms with Crippen LogP contribution in [-0.4, -0.2) is 28.3 Å². The number of rotatable bonds is 8. The summed E-state index contributed by atoms with van der Waals surface area (Å²) >= 11 is 0. The lowest BCUT2D eigenvalue weighted by Gasteiger charge is -2.21. The number of carbonyl (C=O) groups excluding carboxylic acids is 1. The number of aromatic nitrogens is 1. The predicted octanol–water partition coefficient (Wildman–Crippen LogP) is 7.32. The van der Waals surface area contributed by atoms with Crippen molar-refractivity contribution in [1.29, 1.82) is 0 Å². The zero-order valence-corrected chi connectivity index (χ0v) is 20.5. The van der Waals surface area contributed by atoms with Crippen LogP contribution in [0.15, 0.2) is 24.3 Å². The average Bonchev–Trinajstić information content (AvgIpc) is 3.07. The number of nitro groups is 1. The van der Waals surface area contributed by atoms with Crippen LogP contribution in [0.3, 0.4) is 0 Å². The van der Waals surface area contributed by atoms with Crippen LogP contribution in [0.4, 0.5) is 10.5 Å². The monoisotopic (exact) mass is 454 g/mol. The second-order valence-corrected chi connectivity index (χ2v) is 9.46. The molecular formula is C26H34N2O5. The van der Waals surface area contributed by atoms with Gasteiger partial charge in [-0.2, -0.15) is 0 Å². The van der Waals surface area contributed by atoms with Gasteiger partial charge in [-0.25, -0.2) is 9.36 Å². The molecule has 7 heteroatoms. The summed E-state index contributed by atoms with van der Waals surface area (Å²) in [7, 11) is 1.46. The summed E-state index contributed by atoms with van der Waals surface area (Å²) in [5, 5.41) is 13.3. The fourth-order valence-corrected chi connectivity index (χ4v) is 4.50. The van der Waals surface area contributed by atoms with Crippen molar-refractivity contribution in [2.45, 2.75) is 78.7 Å². The van der Waals surface area contributed by atoms with Gasteiger partial charge in [-0.15, -0.1) is 0 Å². The Kier molecular flexibility index (Phi) is 7.30. The predicted molar refractivity (Wildman–Crippen MR) is 131 cm³/mol. The first-order valence-electron chi connectivity index (χ1n) is 11.6. The second-order valence-electron chi connectivity index (χ2n) is 9.46. The van der Waals surface area contributed by atoms with Crippen LogP contribution >= 0.6 is 0 Å². The van der Waals surface area contributed by atoms with E-state index in [2.05, 4.69) is 6.92 Å². The highest BCUT2D eigenvalue weighted by Crippen LogP contribution is 2.46. The summed E-state index contributed by atoms with van der Waals surface area (Å²) in [5.41, 5.74) is 1.91. The van der Waals surface area contributed by atoms with Crippen LogP contribution in [0.2, 0.25) is 0 Å². The molecule has 0 bridgehead atoms. The van der Waals surface area contributed by atoms with E-state index in [-0.39, 0.29) is 11.4 Å². The Morgan fingerprint density at radius 1 is 1.12 bits per heavy atom. The third-order valence-corrected chi connectivity index (χ3v) is 5.90. The number of methoxy groups -OCH3 is 1. The van der Waals surface area contributed by atoms with Gasteiger partial charge in [-0.05, 0) is 52.2 Å². The van der Waals surface area contributed by atoms with Crippen molar-refractivity contribution in [3.8, 4) is 5.75 Å². The zero-order chi connectivity index (χ0) is 24.3. The first kappa shape index (κ1) is 24.6. The van der Waals surface area contributed by atoms with Gasteiger partial charge in [-0.1, -0.05) is 50.8 Å². The van der Waals surface area contributed by atoms with E-state index in [4.69, 9.17) is 9.47 Å². The van der Waals surface area contributed by atoms with Gasteiger partial charge in [0.25, 0.3) is 0 Å². The van der Waals surface area contributed by atoms with Gasteiger partial charge in [0.05, 0.1) is 28.5 Å². The van der Waals surface area contributed by atoms with Gasteiger partial charge in [0.2, 0.25) is 5.75 Å². The van der Waals surface area contributed by atoms with Crippen molar-refractivity contribution in [3.63, 3.8) is 0 Å².